The second-order valence-corrected chi connectivity index (χ2v) is 15.4. The Balaban J connectivity index is 0.000000270. The van der Waals surface area contributed by atoms with Crippen LogP contribution in [0.5, 0.6) is 0 Å². The predicted octanol–water partition coefficient (Wildman–Crippen LogP) is 8.99. The number of carbonyl (C=O) groups excluding carboxylic acids is 4. The summed E-state index contributed by atoms with van der Waals surface area (Å²) in [4.78, 5) is 46.9. The Kier molecular flexibility index (Phi) is 14.2. The van der Waals surface area contributed by atoms with Crippen LogP contribution in [0.25, 0.3) is 0 Å². The molecule has 0 aromatic rings. The Labute approximate surface area is 288 Å². The molecule has 0 spiro atoms. The fourth-order valence-corrected chi connectivity index (χ4v) is 7.09. The van der Waals surface area contributed by atoms with Gasteiger partial charge in [0.2, 0.25) is 5.24 Å². The van der Waals surface area contributed by atoms with Gasteiger partial charge >= 0.3 is 5.97 Å². The standard InChI is InChI=1S/C20H28O3.C10H15ClO.C10H14O2/c1-7-8-9-14-13(4)17(11-16(14)21)23-19(22)18-15(10-12(2)3)20(18,5)6;1-6(2)5-7-8(9(11)12)10(7,3)4;1-3-4-5-8-7(2)9(11)6-10(8)12/h7-8,10,15,17-18H,9,11H2,1-6H3;5,7-8H,1-4H3;3-4,9,11H,5-6H2,1-2H3/b8-7-;;4-3-/t15-,17+,18+;7-,8+;9-/m110/s1. The molecule has 0 heterocycles. The van der Waals surface area contributed by atoms with Crippen LogP contribution in [0.1, 0.15) is 109 Å². The van der Waals surface area contributed by atoms with Crippen molar-refractivity contribution in [1.29, 1.82) is 0 Å². The van der Waals surface area contributed by atoms with Crippen molar-refractivity contribution < 1.29 is 29.0 Å². The Morgan fingerprint density at radius 3 is 1.60 bits per heavy atom. The first-order valence-corrected chi connectivity index (χ1v) is 17.2. The molecule has 47 heavy (non-hydrogen) atoms. The Morgan fingerprint density at radius 1 is 0.787 bits per heavy atom. The molecule has 2 fully saturated rings. The van der Waals surface area contributed by atoms with E-state index < -0.39 is 6.10 Å². The fourth-order valence-electron chi connectivity index (χ4n) is 6.68. The molecular formula is C40H57ClO6. The van der Waals surface area contributed by atoms with E-state index in [0.29, 0.717) is 25.2 Å². The van der Waals surface area contributed by atoms with Gasteiger partial charge < -0.3 is 9.84 Å². The average molecular weight is 669 g/mol. The molecule has 0 aromatic heterocycles. The quantitative estimate of drug-likeness (QED) is 0.150. The Bertz CT molecular complexity index is 1410. The highest BCUT2D eigenvalue weighted by molar-refractivity contribution is 6.64. The molecule has 7 heteroatoms. The van der Waals surface area contributed by atoms with Gasteiger partial charge in [-0.25, -0.2) is 0 Å². The number of ether oxygens (including phenoxy) is 1. The molecule has 6 atom stereocenters. The SMILES string of the molecule is C/C=C\CC1=C(C)[C@@H](O)CC1=O.C/C=C\CC1=C(C)[C@@H](OC(=O)[C@@H]2[C@@H](C=C(C)C)C2(C)C)CC1=O.CC(C)=C[C@@H]1[C@@H](C(=O)Cl)C1(C)C. The smallest absolute Gasteiger partial charge is 0.310 e. The number of hydrogen-bond donors (Lipinski definition) is 1. The molecule has 0 saturated heterocycles. The van der Waals surface area contributed by atoms with Gasteiger partial charge in [-0.3, -0.25) is 19.2 Å². The van der Waals surface area contributed by atoms with Crippen molar-refractivity contribution in [3.05, 3.63) is 69.9 Å². The monoisotopic (exact) mass is 668 g/mol. The van der Waals surface area contributed by atoms with Gasteiger partial charge in [0.1, 0.15) is 6.10 Å². The summed E-state index contributed by atoms with van der Waals surface area (Å²) in [7, 11) is 0. The molecule has 260 valence electrons. The van der Waals surface area contributed by atoms with E-state index in [1.807, 2.05) is 79.7 Å². The van der Waals surface area contributed by atoms with Crippen molar-refractivity contribution in [2.45, 2.75) is 121 Å². The number of halogens is 1. The van der Waals surface area contributed by atoms with E-state index in [1.54, 1.807) is 0 Å². The van der Waals surface area contributed by atoms with Crippen LogP contribution in [-0.2, 0) is 23.9 Å². The largest absolute Gasteiger partial charge is 0.457 e. The van der Waals surface area contributed by atoms with Gasteiger partial charge in [0, 0.05) is 23.5 Å². The van der Waals surface area contributed by atoms with Gasteiger partial charge in [-0.1, -0.05) is 75.3 Å². The molecule has 0 aromatic carbocycles. The topological polar surface area (TPSA) is 97.7 Å². The molecular weight excluding hydrogens is 612 g/mol. The lowest BCUT2D eigenvalue weighted by molar-refractivity contribution is -0.150. The zero-order valence-electron chi connectivity index (χ0n) is 30.6. The lowest BCUT2D eigenvalue weighted by atomic mass is 10.1. The first-order valence-electron chi connectivity index (χ1n) is 16.8. The molecule has 0 amide bonds. The van der Waals surface area contributed by atoms with Crippen molar-refractivity contribution in [2.75, 3.05) is 0 Å². The Hall–Kier alpha value is -2.83. The summed E-state index contributed by atoms with van der Waals surface area (Å²) in [5, 5.41) is 9.14. The van der Waals surface area contributed by atoms with E-state index >= 15 is 0 Å². The summed E-state index contributed by atoms with van der Waals surface area (Å²) in [5.74, 6) is 0.569. The lowest BCUT2D eigenvalue weighted by Gasteiger charge is -2.13. The number of rotatable bonds is 9. The van der Waals surface area contributed by atoms with Gasteiger partial charge in [-0.2, -0.15) is 0 Å². The summed E-state index contributed by atoms with van der Waals surface area (Å²) in [6.45, 7) is 24.2. The first kappa shape index (κ1) is 40.3. The number of carbonyl (C=O) groups is 4. The predicted molar refractivity (Wildman–Crippen MR) is 191 cm³/mol. The minimum Gasteiger partial charge on any atom is -0.457 e. The summed E-state index contributed by atoms with van der Waals surface area (Å²) in [5.41, 5.74) is 5.86. The van der Waals surface area contributed by atoms with E-state index in [4.69, 9.17) is 16.3 Å². The van der Waals surface area contributed by atoms with E-state index in [1.165, 1.54) is 11.1 Å². The number of Topliss-reactive ketones (excluding diaryl/α,β-unsaturated/α-hetero) is 2. The number of esters is 1. The molecule has 0 aliphatic heterocycles. The molecule has 2 saturated carbocycles. The second-order valence-electron chi connectivity index (χ2n) is 15.0. The second kappa shape index (κ2) is 16.5. The maximum absolute atomic E-state index is 12.5. The van der Waals surface area contributed by atoms with Crippen LogP contribution in [0.4, 0.5) is 0 Å². The molecule has 4 aliphatic rings. The number of ketones is 2. The third-order valence-electron chi connectivity index (χ3n) is 10.1. The molecule has 4 aliphatic carbocycles. The van der Waals surface area contributed by atoms with E-state index in [2.05, 4.69) is 39.8 Å². The summed E-state index contributed by atoms with van der Waals surface area (Å²) in [6.07, 6.45) is 13.0. The molecule has 6 nitrogen and oxygen atoms in total. The van der Waals surface area contributed by atoms with Crippen LogP contribution in [0, 0.1) is 34.5 Å². The zero-order chi connectivity index (χ0) is 36.0. The fraction of sp³-hybridized carbons (Fsp3) is 0.600. The summed E-state index contributed by atoms with van der Waals surface area (Å²) < 4.78 is 5.70. The van der Waals surface area contributed by atoms with Crippen LogP contribution in [-0.4, -0.2) is 40.1 Å². The summed E-state index contributed by atoms with van der Waals surface area (Å²) >= 11 is 5.47. The van der Waals surface area contributed by atoms with Gasteiger partial charge in [0.05, 0.1) is 18.4 Å². The minimum absolute atomic E-state index is 0.0362. The average Bonchev–Trinajstić information content (AvgIpc) is 3.60. The first-order chi connectivity index (χ1) is 21.7. The molecule has 4 rings (SSSR count). The number of aliphatic hydroxyl groups is 1. The maximum atomic E-state index is 12.5. The van der Waals surface area contributed by atoms with Crippen molar-refractivity contribution in [3.8, 4) is 0 Å². The highest BCUT2D eigenvalue weighted by Gasteiger charge is 2.62. The highest BCUT2D eigenvalue weighted by atomic mass is 35.5. The van der Waals surface area contributed by atoms with Gasteiger partial charge in [-0.05, 0) is 114 Å². The normalized spacial score (nSPS) is 28.5. The lowest BCUT2D eigenvalue weighted by Crippen LogP contribution is -2.20. The van der Waals surface area contributed by atoms with Crippen molar-refractivity contribution in [3.63, 3.8) is 0 Å². The molecule has 0 bridgehead atoms. The molecule has 0 radical (unpaired) electrons. The number of hydrogen-bond acceptors (Lipinski definition) is 6. The van der Waals surface area contributed by atoms with Crippen LogP contribution < -0.4 is 0 Å². The third-order valence-corrected chi connectivity index (χ3v) is 10.3. The van der Waals surface area contributed by atoms with Crippen LogP contribution in [0.3, 0.4) is 0 Å². The molecule has 1 N–H and O–H groups in total. The van der Waals surface area contributed by atoms with Crippen LogP contribution in [0.2, 0.25) is 0 Å². The van der Waals surface area contributed by atoms with Gasteiger partial charge in [-0.15, -0.1) is 0 Å². The molecule has 0 unspecified atom stereocenters. The minimum atomic E-state index is -0.530. The third kappa shape index (κ3) is 10.1. The maximum Gasteiger partial charge on any atom is 0.310 e. The van der Waals surface area contributed by atoms with Crippen LogP contribution >= 0.6 is 11.6 Å². The van der Waals surface area contributed by atoms with Crippen molar-refractivity contribution >= 4 is 34.4 Å². The zero-order valence-corrected chi connectivity index (χ0v) is 31.4. The number of aliphatic hydroxyl groups excluding tert-OH is 1. The van der Waals surface area contributed by atoms with Crippen molar-refractivity contribution in [1.82, 2.24) is 0 Å². The van der Waals surface area contributed by atoms with Gasteiger partial charge in [0.25, 0.3) is 0 Å². The van der Waals surface area contributed by atoms with Crippen molar-refractivity contribution in [2.24, 2.45) is 34.5 Å². The van der Waals surface area contributed by atoms with E-state index in [9.17, 15) is 24.3 Å². The summed E-state index contributed by atoms with van der Waals surface area (Å²) in [6, 6.07) is 0. The Morgan fingerprint density at radius 2 is 1.21 bits per heavy atom. The van der Waals surface area contributed by atoms with Gasteiger partial charge in [0.15, 0.2) is 11.6 Å². The van der Waals surface area contributed by atoms with Crippen LogP contribution in [0.15, 0.2) is 69.9 Å². The van der Waals surface area contributed by atoms with E-state index in [0.717, 1.165) is 22.3 Å². The van der Waals surface area contributed by atoms with E-state index in [-0.39, 0.29) is 63.9 Å². The number of allylic oxidation sites excluding steroid dienone is 10. The highest BCUT2D eigenvalue weighted by Crippen LogP contribution is 2.61.